The van der Waals surface area contributed by atoms with Gasteiger partial charge < -0.3 is 19.8 Å². The van der Waals surface area contributed by atoms with E-state index in [1.807, 2.05) is 18.3 Å². The zero-order valence-electron chi connectivity index (χ0n) is 20.0. The highest BCUT2D eigenvalue weighted by Crippen LogP contribution is 2.22. The van der Waals surface area contributed by atoms with Crippen LogP contribution in [0.2, 0.25) is 0 Å². The topological polar surface area (TPSA) is 74.9 Å². The maximum Gasteiger partial charge on any atom is 0.213 e. The minimum absolute atomic E-state index is 0. The molecule has 0 atom stereocenters. The summed E-state index contributed by atoms with van der Waals surface area (Å²) in [6.45, 7) is 11.0. The summed E-state index contributed by atoms with van der Waals surface area (Å²) >= 11 is 0. The van der Waals surface area contributed by atoms with Crippen molar-refractivity contribution in [2.45, 2.75) is 52.1 Å². The van der Waals surface area contributed by atoms with Gasteiger partial charge in [-0.25, -0.2) is 4.98 Å². The number of nitrogens with zero attached hydrogens (tertiary/aromatic N) is 3. The van der Waals surface area contributed by atoms with Crippen LogP contribution >= 0.6 is 24.0 Å². The van der Waals surface area contributed by atoms with Crippen LogP contribution in [0.1, 0.15) is 50.8 Å². The number of guanidine groups is 1. The number of aliphatic imine (C=N–C) groups is 1. The highest BCUT2D eigenvalue weighted by molar-refractivity contribution is 14.0. The summed E-state index contributed by atoms with van der Waals surface area (Å²) < 4.78 is 11.1. The molecule has 2 heterocycles. The van der Waals surface area contributed by atoms with E-state index in [1.54, 1.807) is 14.2 Å². The number of methoxy groups -OCH3 is 1. The van der Waals surface area contributed by atoms with E-state index < -0.39 is 0 Å². The number of oxazole rings is 1. The van der Waals surface area contributed by atoms with Gasteiger partial charge in [-0.3, -0.25) is 9.89 Å². The molecule has 0 amide bonds. The molecule has 3 rings (SSSR count). The second-order valence-corrected chi connectivity index (χ2v) is 9.24. The minimum atomic E-state index is -0.0343. The van der Waals surface area contributed by atoms with Gasteiger partial charge >= 0.3 is 0 Å². The number of piperidine rings is 1. The summed E-state index contributed by atoms with van der Waals surface area (Å²) in [5, 5.41) is 6.76. The summed E-state index contributed by atoms with van der Waals surface area (Å²) in [6.07, 6.45) is 4.19. The van der Waals surface area contributed by atoms with Crippen LogP contribution in [-0.4, -0.2) is 49.6 Å². The van der Waals surface area contributed by atoms with Crippen molar-refractivity contribution < 1.29 is 9.15 Å². The van der Waals surface area contributed by atoms with E-state index in [1.165, 1.54) is 18.4 Å². The Bertz CT molecular complexity index is 837. The third-order valence-electron chi connectivity index (χ3n) is 5.75. The lowest BCUT2D eigenvalue weighted by molar-refractivity contribution is 0.178. The Hall–Kier alpha value is -1.81. The van der Waals surface area contributed by atoms with E-state index in [0.29, 0.717) is 18.4 Å². The molecule has 1 aliphatic rings. The molecular formula is C24H38IN5O2. The van der Waals surface area contributed by atoms with Gasteiger partial charge in [0.05, 0.1) is 19.9 Å². The lowest BCUT2D eigenvalue weighted by Gasteiger charge is -2.32. The Labute approximate surface area is 209 Å². The van der Waals surface area contributed by atoms with Gasteiger partial charge in [0.15, 0.2) is 5.96 Å². The van der Waals surface area contributed by atoms with Crippen molar-refractivity contribution in [1.82, 2.24) is 20.5 Å². The van der Waals surface area contributed by atoms with Gasteiger partial charge in [0, 0.05) is 25.6 Å². The molecular weight excluding hydrogens is 517 g/mol. The molecule has 0 unspecified atom stereocenters. The molecule has 1 aromatic carbocycles. The Morgan fingerprint density at radius 3 is 2.44 bits per heavy atom. The molecule has 1 aromatic heterocycles. The number of halogens is 1. The number of ether oxygens (including phenoxy) is 1. The third-order valence-corrected chi connectivity index (χ3v) is 5.75. The first-order valence-electron chi connectivity index (χ1n) is 11.1. The Morgan fingerprint density at radius 2 is 1.88 bits per heavy atom. The fourth-order valence-corrected chi connectivity index (χ4v) is 3.70. The largest absolute Gasteiger partial charge is 0.497 e. The van der Waals surface area contributed by atoms with E-state index in [-0.39, 0.29) is 29.4 Å². The first-order chi connectivity index (χ1) is 14.9. The lowest BCUT2D eigenvalue weighted by Crippen LogP contribution is -2.42. The van der Waals surface area contributed by atoms with E-state index in [9.17, 15) is 0 Å². The van der Waals surface area contributed by atoms with Gasteiger partial charge in [0.2, 0.25) is 5.89 Å². The van der Waals surface area contributed by atoms with Gasteiger partial charge in [-0.2, -0.15) is 0 Å². The molecule has 0 saturated carbocycles. The summed E-state index contributed by atoms with van der Waals surface area (Å²) in [5.41, 5.74) is 1.30. The number of rotatable bonds is 7. The van der Waals surface area contributed by atoms with E-state index in [2.05, 4.69) is 58.4 Å². The first kappa shape index (κ1) is 26.4. The molecule has 0 aliphatic carbocycles. The summed E-state index contributed by atoms with van der Waals surface area (Å²) in [6, 6.07) is 8.38. The highest BCUT2D eigenvalue weighted by Gasteiger charge is 2.21. The maximum absolute atomic E-state index is 5.84. The minimum Gasteiger partial charge on any atom is -0.497 e. The number of hydrogen-bond donors (Lipinski definition) is 2. The molecule has 1 saturated heterocycles. The highest BCUT2D eigenvalue weighted by atomic mass is 127. The fraction of sp³-hybridized carbons (Fsp3) is 0.583. The van der Waals surface area contributed by atoms with Gasteiger partial charge in [0.25, 0.3) is 0 Å². The smallest absolute Gasteiger partial charge is 0.213 e. The molecule has 0 radical (unpaired) electrons. The van der Waals surface area contributed by atoms with E-state index >= 15 is 0 Å². The van der Waals surface area contributed by atoms with Gasteiger partial charge in [-0.05, 0) is 49.5 Å². The van der Waals surface area contributed by atoms with Crippen molar-refractivity contribution in [2.24, 2.45) is 10.9 Å². The Kier molecular flexibility index (Phi) is 10.3. The fourth-order valence-electron chi connectivity index (χ4n) is 3.70. The third kappa shape index (κ3) is 7.95. The molecule has 7 nitrogen and oxygen atoms in total. The average molecular weight is 556 g/mol. The van der Waals surface area contributed by atoms with E-state index in [4.69, 9.17) is 9.15 Å². The molecule has 1 fully saturated rings. The average Bonchev–Trinajstić information content (AvgIpc) is 3.25. The SMILES string of the molecule is CN=C(NCc1ncc(C(C)(C)C)o1)NCC1CCN(Cc2ccc(OC)cc2)CC1.I. The molecule has 178 valence electrons. The summed E-state index contributed by atoms with van der Waals surface area (Å²) in [4.78, 5) is 11.2. The maximum atomic E-state index is 5.84. The van der Waals surface area contributed by atoms with E-state index in [0.717, 1.165) is 43.6 Å². The van der Waals surface area contributed by atoms with Crippen molar-refractivity contribution in [3.63, 3.8) is 0 Å². The van der Waals surface area contributed by atoms with Gasteiger partial charge in [-0.15, -0.1) is 24.0 Å². The predicted molar refractivity (Wildman–Crippen MR) is 140 cm³/mol. The van der Waals surface area contributed by atoms with Crippen LogP contribution in [0.5, 0.6) is 5.75 Å². The normalized spacial score (nSPS) is 15.8. The number of aromatic nitrogens is 1. The molecule has 32 heavy (non-hydrogen) atoms. The molecule has 2 aromatic rings. The van der Waals surface area contributed by atoms with Crippen LogP contribution in [0, 0.1) is 5.92 Å². The van der Waals surface area contributed by atoms with Crippen LogP contribution in [0.15, 0.2) is 39.9 Å². The summed E-state index contributed by atoms with van der Waals surface area (Å²) in [7, 11) is 3.50. The standard InChI is InChI=1S/C24H37N5O2.HI/c1-24(2,3)21-15-26-22(31-21)16-28-23(25-4)27-14-18-10-12-29(13-11-18)17-19-6-8-20(30-5)9-7-19;/h6-9,15,18H,10-14,16-17H2,1-5H3,(H2,25,27,28);1H. The van der Waals surface area contributed by atoms with Gasteiger partial charge in [-0.1, -0.05) is 32.9 Å². The number of likely N-dealkylation sites (tertiary alicyclic amines) is 1. The van der Waals surface area contributed by atoms with Crippen LogP contribution in [0.4, 0.5) is 0 Å². The van der Waals surface area contributed by atoms with Crippen molar-refractivity contribution in [2.75, 3.05) is 33.8 Å². The Morgan fingerprint density at radius 1 is 1.19 bits per heavy atom. The van der Waals surface area contributed by atoms with Crippen LogP contribution in [-0.2, 0) is 18.5 Å². The van der Waals surface area contributed by atoms with Crippen LogP contribution < -0.4 is 15.4 Å². The summed E-state index contributed by atoms with van der Waals surface area (Å²) in [5.74, 6) is 3.93. The first-order valence-corrected chi connectivity index (χ1v) is 11.1. The number of hydrogen-bond acceptors (Lipinski definition) is 5. The second-order valence-electron chi connectivity index (χ2n) is 9.24. The predicted octanol–water partition coefficient (Wildman–Crippen LogP) is 4.18. The van der Waals surface area contributed by atoms with Crippen molar-refractivity contribution in [1.29, 1.82) is 0 Å². The molecule has 8 heteroatoms. The van der Waals surface area contributed by atoms with Crippen molar-refractivity contribution in [3.8, 4) is 5.75 Å². The molecule has 2 N–H and O–H groups in total. The molecule has 1 aliphatic heterocycles. The number of nitrogens with one attached hydrogen (secondary N) is 2. The second kappa shape index (κ2) is 12.4. The number of benzene rings is 1. The van der Waals surface area contributed by atoms with Crippen molar-refractivity contribution >= 4 is 29.9 Å². The Balaban J connectivity index is 0.00000363. The quantitative estimate of drug-likeness (QED) is 0.304. The van der Waals surface area contributed by atoms with Gasteiger partial charge in [0.1, 0.15) is 11.5 Å². The zero-order chi connectivity index (χ0) is 22.3. The van der Waals surface area contributed by atoms with Crippen LogP contribution in [0.3, 0.4) is 0 Å². The molecule has 0 bridgehead atoms. The zero-order valence-corrected chi connectivity index (χ0v) is 22.3. The molecule has 0 spiro atoms. The van der Waals surface area contributed by atoms with Crippen LogP contribution in [0.25, 0.3) is 0 Å². The van der Waals surface area contributed by atoms with Crippen molar-refractivity contribution in [3.05, 3.63) is 47.7 Å². The lowest BCUT2D eigenvalue weighted by atomic mass is 9.94. The monoisotopic (exact) mass is 555 g/mol.